The number of rotatable bonds is 7. The van der Waals surface area contributed by atoms with E-state index >= 15 is 0 Å². The first-order valence-corrected chi connectivity index (χ1v) is 8.20. The van der Waals surface area contributed by atoms with Gasteiger partial charge in [0.2, 0.25) is 0 Å². The van der Waals surface area contributed by atoms with E-state index < -0.39 is 9.84 Å². The van der Waals surface area contributed by atoms with Gasteiger partial charge in [0.25, 0.3) is 0 Å². The van der Waals surface area contributed by atoms with E-state index in [1.807, 2.05) is 0 Å². The molecule has 7 heteroatoms. The fourth-order valence-corrected chi connectivity index (χ4v) is 2.08. The van der Waals surface area contributed by atoms with Crippen LogP contribution in [0.5, 0.6) is 5.75 Å². The fourth-order valence-electron chi connectivity index (χ4n) is 1.20. The number of sulfone groups is 1. The molecule has 4 nitrogen and oxygen atoms in total. The molecule has 1 aromatic rings. The maximum absolute atomic E-state index is 12.9. The summed E-state index contributed by atoms with van der Waals surface area (Å²) in [6, 6.07) is 4.20. The molecule has 18 heavy (non-hydrogen) atoms. The Kier molecular flexibility index (Phi) is 6.04. The molecule has 102 valence electrons. The summed E-state index contributed by atoms with van der Waals surface area (Å²) in [4.78, 5) is 0. The molecule has 1 N–H and O–H groups in total. The van der Waals surface area contributed by atoms with E-state index in [4.69, 9.17) is 4.74 Å². The van der Waals surface area contributed by atoms with Crippen LogP contribution in [0.4, 0.5) is 4.39 Å². The molecule has 0 unspecified atom stereocenters. The number of hydrogen-bond donors (Lipinski definition) is 1. The van der Waals surface area contributed by atoms with E-state index in [2.05, 4.69) is 21.2 Å². The van der Waals surface area contributed by atoms with Crippen molar-refractivity contribution in [1.29, 1.82) is 0 Å². The highest BCUT2D eigenvalue weighted by Crippen LogP contribution is 2.25. The van der Waals surface area contributed by atoms with Crippen molar-refractivity contribution in [2.45, 2.75) is 0 Å². The average Bonchev–Trinajstić information content (AvgIpc) is 2.26. The summed E-state index contributed by atoms with van der Waals surface area (Å²) < 4.78 is 40.7. The Morgan fingerprint density at radius 3 is 2.78 bits per heavy atom. The zero-order valence-corrected chi connectivity index (χ0v) is 12.4. The lowest BCUT2D eigenvalue weighted by Gasteiger charge is -2.08. The van der Waals surface area contributed by atoms with Gasteiger partial charge in [-0.2, -0.15) is 0 Å². The molecule has 0 fully saturated rings. The number of benzene rings is 1. The summed E-state index contributed by atoms with van der Waals surface area (Å²) in [5.74, 6) is 0.162. The Bertz CT molecular complexity index is 493. The summed E-state index contributed by atoms with van der Waals surface area (Å²) in [7, 11) is -2.94. The standard InChI is InChI=1S/C11H15BrFNO3S/c1-18(15,16)7-5-14-4-6-17-11-8-9(13)2-3-10(11)12/h2-3,8,14H,4-7H2,1H3. The molecule has 0 bridgehead atoms. The van der Waals surface area contributed by atoms with Crippen LogP contribution in [0.15, 0.2) is 22.7 Å². The van der Waals surface area contributed by atoms with Gasteiger partial charge < -0.3 is 10.1 Å². The van der Waals surface area contributed by atoms with Crippen LogP contribution in [-0.4, -0.2) is 40.1 Å². The van der Waals surface area contributed by atoms with Gasteiger partial charge in [-0.25, -0.2) is 12.8 Å². The second-order valence-corrected chi connectivity index (χ2v) is 6.92. The summed E-state index contributed by atoms with van der Waals surface area (Å²) in [6.45, 7) is 1.22. The molecular weight excluding hydrogens is 325 g/mol. The van der Waals surface area contributed by atoms with Gasteiger partial charge in [0.05, 0.1) is 10.2 Å². The van der Waals surface area contributed by atoms with Crippen molar-refractivity contribution >= 4 is 25.8 Å². The van der Waals surface area contributed by atoms with Crippen molar-refractivity contribution in [2.24, 2.45) is 0 Å². The van der Waals surface area contributed by atoms with E-state index in [9.17, 15) is 12.8 Å². The maximum atomic E-state index is 12.9. The van der Waals surface area contributed by atoms with Crippen LogP contribution < -0.4 is 10.1 Å². The predicted molar refractivity (Wildman–Crippen MR) is 72.2 cm³/mol. The van der Waals surface area contributed by atoms with Gasteiger partial charge in [-0.15, -0.1) is 0 Å². The van der Waals surface area contributed by atoms with Crippen molar-refractivity contribution in [2.75, 3.05) is 31.7 Å². The molecular formula is C11H15BrFNO3S. The van der Waals surface area contributed by atoms with E-state index in [0.717, 1.165) is 0 Å². The zero-order chi connectivity index (χ0) is 13.6. The number of nitrogens with one attached hydrogen (secondary N) is 1. The number of ether oxygens (including phenoxy) is 1. The minimum Gasteiger partial charge on any atom is -0.491 e. The third-order valence-electron chi connectivity index (χ3n) is 2.08. The Labute approximate surface area is 115 Å². The third kappa shape index (κ3) is 6.32. The van der Waals surface area contributed by atoms with Gasteiger partial charge in [0.1, 0.15) is 28.0 Å². The van der Waals surface area contributed by atoms with Gasteiger partial charge in [0, 0.05) is 25.4 Å². The molecule has 1 aromatic carbocycles. The molecule has 0 atom stereocenters. The topological polar surface area (TPSA) is 55.4 Å². The molecule has 0 aliphatic carbocycles. The van der Waals surface area contributed by atoms with Crippen LogP contribution in [0.25, 0.3) is 0 Å². The van der Waals surface area contributed by atoms with E-state index in [0.29, 0.717) is 29.9 Å². The normalized spacial score (nSPS) is 11.5. The zero-order valence-electron chi connectivity index (χ0n) is 9.95. The molecule has 0 spiro atoms. The second-order valence-electron chi connectivity index (χ2n) is 3.80. The van der Waals surface area contributed by atoms with Gasteiger partial charge in [-0.3, -0.25) is 0 Å². The first kappa shape index (κ1) is 15.4. The summed E-state index contributed by atoms with van der Waals surface area (Å²) in [5, 5.41) is 2.93. The molecule has 0 aliphatic rings. The average molecular weight is 340 g/mol. The highest BCUT2D eigenvalue weighted by molar-refractivity contribution is 9.10. The number of halogens is 2. The molecule has 0 amide bonds. The monoisotopic (exact) mass is 339 g/mol. The molecule has 0 saturated carbocycles. The Morgan fingerprint density at radius 2 is 2.11 bits per heavy atom. The van der Waals surface area contributed by atoms with Crippen molar-refractivity contribution in [1.82, 2.24) is 5.32 Å². The molecule has 0 aromatic heterocycles. The maximum Gasteiger partial charge on any atom is 0.148 e. The first-order chi connectivity index (χ1) is 8.38. The lowest BCUT2D eigenvalue weighted by Crippen LogP contribution is -2.26. The van der Waals surface area contributed by atoms with Crippen molar-refractivity contribution in [3.05, 3.63) is 28.5 Å². The van der Waals surface area contributed by atoms with E-state index in [1.54, 1.807) is 6.07 Å². The van der Waals surface area contributed by atoms with Crippen LogP contribution in [0.1, 0.15) is 0 Å². The minimum atomic E-state index is -2.94. The lowest BCUT2D eigenvalue weighted by molar-refractivity contribution is 0.312. The highest BCUT2D eigenvalue weighted by atomic mass is 79.9. The molecule has 0 aliphatic heterocycles. The van der Waals surface area contributed by atoms with Gasteiger partial charge in [-0.1, -0.05) is 0 Å². The smallest absolute Gasteiger partial charge is 0.148 e. The highest BCUT2D eigenvalue weighted by Gasteiger charge is 2.03. The van der Waals surface area contributed by atoms with Gasteiger partial charge >= 0.3 is 0 Å². The van der Waals surface area contributed by atoms with Crippen LogP contribution in [-0.2, 0) is 9.84 Å². The van der Waals surface area contributed by atoms with Crippen LogP contribution in [0.3, 0.4) is 0 Å². The minimum absolute atomic E-state index is 0.0939. The third-order valence-corrected chi connectivity index (χ3v) is 3.68. The van der Waals surface area contributed by atoms with E-state index in [1.165, 1.54) is 18.4 Å². The van der Waals surface area contributed by atoms with Crippen molar-refractivity contribution in [3.8, 4) is 5.75 Å². The summed E-state index contributed by atoms with van der Waals surface area (Å²) >= 11 is 3.25. The first-order valence-electron chi connectivity index (χ1n) is 5.35. The Morgan fingerprint density at radius 1 is 1.39 bits per heavy atom. The Balaban J connectivity index is 2.24. The van der Waals surface area contributed by atoms with Crippen LogP contribution >= 0.6 is 15.9 Å². The molecule has 0 radical (unpaired) electrons. The predicted octanol–water partition coefficient (Wildman–Crippen LogP) is 1.60. The van der Waals surface area contributed by atoms with Crippen molar-refractivity contribution in [3.63, 3.8) is 0 Å². The second kappa shape index (κ2) is 7.06. The van der Waals surface area contributed by atoms with E-state index in [-0.39, 0.29) is 11.6 Å². The lowest BCUT2D eigenvalue weighted by atomic mass is 10.3. The van der Waals surface area contributed by atoms with Crippen molar-refractivity contribution < 1.29 is 17.5 Å². The van der Waals surface area contributed by atoms with Gasteiger partial charge in [-0.05, 0) is 28.1 Å². The summed E-state index contributed by atoms with van der Waals surface area (Å²) in [6.07, 6.45) is 1.19. The fraction of sp³-hybridized carbons (Fsp3) is 0.455. The largest absolute Gasteiger partial charge is 0.491 e. The quantitative estimate of drug-likeness (QED) is 0.766. The molecule has 1 rings (SSSR count). The van der Waals surface area contributed by atoms with Crippen LogP contribution in [0, 0.1) is 5.82 Å². The van der Waals surface area contributed by atoms with Gasteiger partial charge in [0.15, 0.2) is 0 Å². The molecule has 0 saturated heterocycles. The molecule has 0 heterocycles. The Hall–Kier alpha value is -0.660. The van der Waals surface area contributed by atoms with Crippen LogP contribution in [0.2, 0.25) is 0 Å². The number of hydrogen-bond acceptors (Lipinski definition) is 4. The SMILES string of the molecule is CS(=O)(=O)CCNCCOc1cc(F)ccc1Br. The summed E-state index contributed by atoms with van der Waals surface area (Å²) in [5.41, 5.74) is 0.